The average molecular weight is 306 g/mol. The van der Waals surface area contributed by atoms with Crippen molar-refractivity contribution in [2.24, 2.45) is 5.41 Å². The monoisotopic (exact) mass is 306 g/mol. The molecule has 2 aliphatic rings. The van der Waals surface area contributed by atoms with E-state index in [1.807, 2.05) is 0 Å². The van der Waals surface area contributed by atoms with E-state index < -0.39 is 19.0 Å². The van der Waals surface area contributed by atoms with Crippen molar-refractivity contribution in [2.45, 2.75) is 51.1 Å². The number of carbonyl (C=O) groups excluding carboxylic acids is 1. The van der Waals surface area contributed by atoms with E-state index in [0.29, 0.717) is 18.5 Å². The highest BCUT2D eigenvalue weighted by Gasteiger charge is 2.37. The Morgan fingerprint density at radius 2 is 1.67 bits per heavy atom. The molecule has 0 unspecified atom stereocenters. The Morgan fingerprint density at radius 3 is 2.29 bits per heavy atom. The minimum Gasteiger partial charge on any atom is -0.343 e. The number of alkyl halides is 3. The van der Waals surface area contributed by atoms with Gasteiger partial charge in [0.2, 0.25) is 5.91 Å². The number of rotatable bonds is 2. The number of halogens is 3. The number of nitrogens with zero attached hydrogens (tertiary/aromatic N) is 2. The lowest BCUT2D eigenvalue weighted by Gasteiger charge is -2.41. The van der Waals surface area contributed by atoms with Crippen molar-refractivity contribution < 1.29 is 18.0 Å². The minimum atomic E-state index is -4.24. The van der Waals surface area contributed by atoms with E-state index >= 15 is 0 Å². The first kappa shape index (κ1) is 16.6. The van der Waals surface area contributed by atoms with Crippen LogP contribution in [0.2, 0.25) is 0 Å². The lowest BCUT2D eigenvalue weighted by atomic mass is 9.73. The van der Waals surface area contributed by atoms with E-state index in [4.69, 9.17) is 0 Å². The smallest absolute Gasteiger partial charge is 0.343 e. The fourth-order valence-corrected chi connectivity index (χ4v) is 3.53. The molecule has 3 nitrogen and oxygen atoms in total. The van der Waals surface area contributed by atoms with Gasteiger partial charge in [0, 0.05) is 19.5 Å². The van der Waals surface area contributed by atoms with Gasteiger partial charge < -0.3 is 9.80 Å². The quantitative estimate of drug-likeness (QED) is 0.783. The van der Waals surface area contributed by atoms with Gasteiger partial charge in [0.15, 0.2) is 0 Å². The van der Waals surface area contributed by atoms with Crippen LogP contribution in [0.1, 0.15) is 44.9 Å². The third kappa shape index (κ3) is 4.87. The fourth-order valence-electron chi connectivity index (χ4n) is 3.53. The van der Waals surface area contributed by atoms with Gasteiger partial charge in [0.1, 0.15) is 0 Å². The lowest BCUT2D eigenvalue weighted by Crippen LogP contribution is -2.43. The van der Waals surface area contributed by atoms with Crippen molar-refractivity contribution >= 4 is 5.91 Å². The van der Waals surface area contributed by atoms with Crippen molar-refractivity contribution in [3.63, 3.8) is 0 Å². The Kier molecular flexibility index (Phi) is 5.17. The fraction of sp³-hybridized carbons (Fsp3) is 0.933. The second kappa shape index (κ2) is 6.55. The van der Waals surface area contributed by atoms with Gasteiger partial charge in [0.05, 0.1) is 6.42 Å². The van der Waals surface area contributed by atoms with Crippen LogP contribution in [-0.2, 0) is 4.79 Å². The highest BCUT2D eigenvalue weighted by molar-refractivity contribution is 5.76. The van der Waals surface area contributed by atoms with Gasteiger partial charge in [-0.1, -0.05) is 0 Å². The Morgan fingerprint density at radius 1 is 1.05 bits per heavy atom. The molecule has 0 saturated carbocycles. The first-order valence-corrected chi connectivity index (χ1v) is 7.83. The summed E-state index contributed by atoms with van der Waals surface area (Å²) >= 11 is 0. The average Bonchev–Trinajstić information content (AvgIpc) is 2.59. The number of hydrogen-bond donors (Lipinski definition) is 0. The summed E-state index contributed by atoms with van der Waals surface area (Å²) in [5.41, 5.74) is 0.311. The standard InChI is InChI=1S/C15H25F3N2O/c1-19-9-2-4-14(6-10-19)7-11-20(12-8-14)13(21)3-5-15(16,17)18/h2-12H2,1H3. The van der Waals surface area contributed by atoms with Gasteiger partial charge in [-0.25, -0.2) is 0 Å². The van der Waals surface area contributed by atoms with E-state index in [1.54, 1.807) is 4.90 Å². The second-order valence-electron chi connectivity index (χ2n) is 6.65. The van der Waals surface area contributed by atoms with E-state index in [-0.39, 0.29) is 5.91 Å². The third-order valence-electron chi connectivity index (χ3n) is 5.07. The summed E-state index contributed by atoms with van der Waals surface area (Å²) in [6.07, 6.45) is -0.248. The van der Waals surface area contributed by atoms with Gasteiger partial charge in [-0.05, 0) is 57.7 Å². The number of hydrogen-bond acceptors (Lipinski definition) is 2. The molecule has 2 rings (SSSR count). The van der Waals surface area contributed by atoms with Crippen LogP contribution in [0.4, 0.5) is 13.2 Å². The molecular weight excluding hydrogens is 281 g/mol. The molecule has 21 heavy (non-hydrogen) atoms. The van der Waals surface area contributed by atoms with Gasteiger partial charge in [0.25, 0.3) is 0 Å². The lowest BCUT2D eigenvalue weighted by molar-refractivity contribution is -0.150. The molecule has 0 aromatic rings. The summed E-state index contributed by atoms with van der Waals surface area (Å²) in [5, 5.41) is 0. The summed E-state index contributed by atoms with van der Waals surface area (Å²) in [5.74, 6) is -0.340. The number of amides is 1. The van der Waals surface area contributed by atoms with E-state index in [2.05, 4.69) is 11.9 Å². The number of carbonyl (C=O) groups is 1. The van der Waals surface area contributed by atoms with E-state index in [1.165, 1.54) is 12.8 Å². The van der Waals surface area contributed by atoms with Crippen molar-refractivity contribution in [3.8, 4) is 0 Å². The molecule has 0 aromatic heterocycles. The Balaban J connectivity index is 1.81. The SMILES string of the molecule is CN1CCCC2(CC1)CCN(C(=O)CCC(F)(F)F)CC2. The third-order valence-corrected chi connectivity index (χ3v) is 5.07. The van der Waals surface area contributed by atoms with Crippen molar-refractivity contribution in [3.05, 3.63) is 0 Å². The van der Waals surface area contributed by atoms with Gasteiger partial charge in [-0.2, -0.15) is 13.2 Å². The molecule has 0 bridgehead atoms. The Bertz CT molecular complexity index is 362. The summed E-state index contributed by atoms with van der Waals surface area (Å²) in [4.78, 5) is 15.8. The maximum Gasteiger partial charge on any atom is 0.389 e. The topological polar surface area (TPSA) is 23.6 Å². The molecule has 0 N–H and O–H groups in total. The molecule has 0 atom stereocenters. The molecule has 2 aliphatic heterocycles. The van der Waals surface area contributed by atoms with Crippen LogP contribution in [0, 0.1) is 5.41 Å². The first-order chi connectivity index (χ1) is 9.80. The predicted molar refractivity (Wildman–Crippen MR) is 74.9 cm³/mol. The molecule has 0 aliphatic carbocycles. The maximum atomic E-state index is 12.2. The number of likely N-dealkylation sites (tertiary alicyclic amines) is 2. The highest BCUT2D eigenvalue weighted by atomic mass is 19.4. The van der Waals surface area contributed by atoms with Crippen LogP contribution in [0.3, 0.4) is 0 Å². The Hall–Kier alpha value is -0.780. The molecule has 2 saturated heterocycles. The first-order valence-electron chi connectivity index (χ1n) is 7.83. The Labute approximate surface area is 124 Å². The van der Waals surface area contributed by atoms with Crippen LogP contribution in [0.5, 0.6) is 0 Å². The zero-order chi connectivity index (χ0) is 15.5. The van der Waals surface area contributed by atoms with Gasteiger partial charge in [-0.3, -0.25) is 4.79 Å². The van der Waals surface area contributed by atoms with E-state index in [9.17, 15) is 18.0 Å². The van der Waals surface area contributed by atoms with Gasteiger partial charge >= 0.3 is 6.18 Å². The van der Waals surface area contributed by atoms with Crippen molar-refractivity contribution in [1.29, 1.82) is 0 Å². The van der Waals surface area contributed by atoms with Crippen molar-refractivity contribution in [2.75, 3.05) is 33.2 Å². The van der Waals surface area contributed by atoms with Crippen LogP contribution in [0.25, 0.3) is 0 Å². The summed E-state index contributed by atoms with van der Waals surface area (Å²) in [6.45, 7) is 3.46. The van der Waals surface area contributed by atoms with Crippen LogP contribution >= 0.6 is 0 Å². The maximum absolute atomic E-state index is 12.2. The second-order valence-corrected chi connectivity index (χ2v) is 6.65. The predicted octanol–water partition coefficient (Wildman–Crippen LogP) is 3.05. The van der Waals surface area contributed by atoms with Crippen LogP contribution < -0.4 is 0 Å². The van der Waals surface area contributed by atoms with Gasteiger partial charge in [-0.15, -0.1) is 0 Å². The summed E-state index contributed by atoms with van der Waals surface area (Å²) in [7, 11) is 2.13. The molecule has 122 valence electrons. The van der Waals surface area contributed by atoms with Crippen molar-refractivity contribution in [1.82, 2.24) is 9.80 Å². The van der Waals surface area contributed by atoms with Crippen LogP contribution in [-0.4, -0.2) is 55.1 Å². The minimum absolute atomic E-state index is 0.311. The van der Waals surface area contributed by atoms with E-state index in [0.717, 1.165) is 32.4 Å². The summed E-state index contributed by atoms with van der Waals surface area (Å²) < 4.78 is 36.5. The molecule has 2 heterocycles. The summed E-state index contributed by atoms with van der Waals surface area (Å²) in [6, 6.07) is 0. The molecule has 2 fully saturated rings. The molecule has 6 heteroatoms. The highest BCUT2D eigenvalue weighted by Crippen LogP contribution is 2.41. The zero-order valence-electron chi connectivity index (χ0n) is 12.7. The molecule has 0 aromatic carbocycles. The molecule has 1 amide bonds. The normalized spacial score (nSPS) is 24.1. The number of piperidine rings is 1. The molecule has 1 spiro atoms. The molecule has 0 radical (unpaired) electrons. The largest absolute Gasteiger partial charge is 0.389 e. The molecular formula is C15H25F3N2O. The zero-order valence-corrected chi connectivity index (χ0v) is 12.7. The van der Waals surface area contributed by atoms with Crippen LogP contribution in [0.15, 0.2) is 0 Å².